The first-order valence-electron chi connectivity index (χ1n) is 15.5. The number of carbonyl (C=O) groups is 7. The number of nitrogens with one attached hydrogen (secondary N) is 5. The monoisotopic (exact) mass is 695 g/mol. The van der Waals surface area contributed by atoms with E-state index in [1.54, 1.807) is 0 Å². The third-order valence-electron chi connectivity index (χ3n) is 7.66. The van der Waals surface area contributed by atoms with E-state index in [4.69, 9.17) is 10.8 Å². The molecule has 49 heavy (non-hydrogen) atoms. The largest absolute Gasteiger partial charge is 0.508 e. The van der Waals surface area contributed by atoms with Crippen LogP contribution in [0.1, 0.15) is 39.2 Å². The summed E-state index contributed by atoms with van der Waals surface area (Å²) in [7, 11) is 0. The van der Waals surface area contributed by atoms with Gasteiger partial charge < -0.3 is 62.8 Å². The van der Waals surface area contributed by atoms with E-state index in [1.807, 2.05) is 0 Å². The Morgan fingerprint density at radius 2 is 1.41 bits per heavy atom. The predicted molar refractivity (Wildman–Crippen MR) is 169 cm³/mol. The molecule has 19 heteroatoms. The van der Waals surface area contributed by atoms with Crippen LogP contribution >= 0.6 is 0 Å². The Morgan fingerprint density at radius 1 is 0.857 bits per heavy atom. The van der Waals surface area contributed by atoms with Gasteiger partial charge in [-0.2, -0.15) is 0 Å². The van der Waals surface area contributed by atoms with Crippen LogP contribution in [-0.2, 0) is 40.0 Å². The molecule has 1 aliphatic heterocycles. The fourth-order valence-electron chi connectivity index (χ4n) is 4.92. The van der Waals surface area contributed by atoms with Crippen molar-refractivity contribution in [3.63, 3.8) is 0 Å². The molecule has 0 bridgehead atoms. The topological polar surface area (TPSA) is 310 Å². The summed E-state index contributed by atoms with van der Waals surface area (Å²) in [6.07, 6.45) is -2.48. The van der Waals surface area contributed by atoms with Gasteiger partial charge >= 0.3 is 5.97 Å². The second kappa shape index (κ2) is 18.6. The number of nitrogens with zero attached hydrogens (tertiary/aromatic N) is 1. The van der Waals surface area contributed by atoms with E-state index in [0.29, 0.717) is 12.0 Å². The van der Waals surface area contributed by atoms with Crippen molar-refractivity contribution in [3.05, 3.63) is 29.8 Å². The van der Waals surface area contributed by atoms with Crippen LogP contribution in [0.25, 0.3) is 0 Å². The lowest BCUT2D eigenvalue weighted by Gasteiger charge is -2.28. The van der Waals surface area contributed by atoms with Gasteiger partial charge in [0, 0.05) is 13.0 Å². The molecule has 19 nitrogen and oxygen atoms in total. The normalized spacial score (nSPS) is 18.4. The Hall–Kier alpha value is -4.85. The highest BCUT2D eigenvalue weighted by molar-refractivity contribution is 5.96. The van der Waals surface area contributed by atoms with Gasteiger partial charge in [0.05, 0.1) is 25.4 Å². The second-order valence-corrected chi connectivity index (χ2v) is 11.7. The number of aliphatic hydroxyl groups is 3. The summed E-state index contributed by atoms with van der Waals surface area (Å²) in [5.41, 5.74) is 5.90. The highest BCUT2D eigenvalue weighted by Gasteiger charge is 2.37. The quantitative estimate of drug-likeness (QED) is 0.0730. The molecular formula is C30H45N7O12. The number of likely N-dealkylation sites (tertiary alicyclic amines) is 1. The highest BCUT2D eigenvalue weighted by Crippen LogP contribution is 2.18. The van der Waals surface area contributed by atoms with Crippen molar-refractivity contribution in [3.8, 4) is 5.75 Å². The zero-order valence-electron chi connectivity index (χ0n) is 27.3. The minimum atomic E-state index is -1.72. The molecule has 1 fully saturated rings. The van der Waals surface area contributed by atoms with Gasteiger partial charge in [-0.05, 0) is 51.3 Å². The van der Waals surface area contributed by atoms with E-state index in [1.165, 1.54) is 31.2 Å². The number of phenols is 1. The van der Waals surface area contributed by atoms with Gasteiger partial charge in [0.2, 0.25) is 35.4 Å². The number of nitrogens with two attached hydrogens (primary N) is 1. The molecule has 2 rings (SSSR count). The van der Waals surface area contributed by atoms with Crippen molar-refractivity contribution in [1.82, 2.24) is 31.5 Å². The zero-order valence-corrected chi connectivity index (χ0v) is 27.3. The number of hydrogen-bond acceptors (Lipinski definition) is 12. The molecule has 0 radical (unpaired) electrons. The summed E-state index contributed by atoms with van der Waals surface area (Å²) in [5.74, 6) is -6.66. The Kier molecular flexibility index (Phi) is 15.3. The second-order valence-electron chi connectivity index (χ2n) is 11.7. The molecule has 1 aliphatic rings. The van der Waals surface area contributed by atoms with E-state index < -0.39 is 103 Å². The van der Waals surface area contributed by atoms with Crippen molar-refractivity contribution in [2.75, 3.05) is 19.7 Å². The molecule has 1 saturated heterocycles. The van der Waals surface area contributed by atoms with Crippen LogP contribution in [0.3, 0.4) is 0 Å². The summed E-state index contributed by atoms with van der Waals surface area (Å²) in [6.45, 7) is 2.50. The van der Waals surface area contributed by atoms with Gasteiger partial charge in [-0.25, -0.2) is 4.79 Å². The smallest absolute Gasteiger partial charge is 0.326 e. The first kappa shape index (κ1) is 40.3. The fraction of sp³-hybridized carbons (Fsp3) is 0.567. The maximum Gasteiger partial charge on any atom is 0.326 e. The summed E-state index contributed by atoms with van der Waals surface area (Å²) in [4.78, 5) is 89.7. The number of aliphatic carboxylic acids is 1. The van der Waals surface area contributed by atoms with Crippen LogP contribution in [-0.4, -0.2) is 140 Å². The minimum absolute atomic E-state index is 0.0747. The van der Waals surface area contributed by atoms with Gasteiger partial charge in [-0.15, -0.1) is 0 Å². The number of aliphatic hydroxyl groups excluding tert-OH is 3. The summed E-state index contributed by atoms with van der Waals surface area (Å²) in [6, 6.07) is -2.72. The summed E-state index contributed by atoms with van der Waals surface area (Å²) >= 11 is 0. The Balaban J connectivity index is 2.15. The lowest BCUT2D eigenvalue weighted by Crippen LogP contribution is -2.62. The number of carboxylic acid groups (broad SMARTS) is 1. The van der Waals surface area contributed by atoms with Crippen molar-refractivity contribution < 1.29 is 59.1 Å². The van der Waals surface area contributed by atoms with Crippen molar-refractivity contribution in [2.24, 2.45) is 5.73 Å². The van der Waals surface area contributed by atoms with Gasteiger partial charge in [-0.3, -0.25) is 28.8 Å². The molecule has 12 N–H and O–H groups in total. The lowest BCUT2D eigenvalue weighted by molar-refractivity contribution is -0.149. The van der Waals surface area contributed by atoms with Crippen LogP contribution in [0.15, 0.2) is 24.3 Å². The standard InChI is InChI=1S/C30H45N7O12/c1-14(29(47)37-10-4-5-21(37)30(48)49)33-22(42)12-32-26(44)20(11-17-6-8-18(41)9-7-17)34-27(45)23(15(2)39)36-28(46)24(16(3)40)35-25(43)19(31)13-38/h6-9,14-16,19-21,23-24,38-41H,4-5,10-13,31H2,1-3H3,(H,32,44)(H,33,42)(H,34,45)(H,35,43)(H,36,46)(H,48,49)/t14-,15+,16+,19-,20-,21-,23-,24-/m0/s1. The van der Waals surface area contributed by atoms with E-state index in [9.17, 15) is 54.0 Å². The highest BCUT2D eigenvalue weighted by atomic mass is 16.4. The number of carboxylic acids is 1. The van der Waals surface area contributed by atoms with Crippen molar-refractivity contribution in [1.29, 1.82) is 0 Å². The maximum atomic E-state index is 13.3. The molecule has 0 saturated carbocycles. The molecule has 6 amide bonds. The van der Waals surface area contributed by atoms with Gasteiger partial charge in [0.1, 0.15) is 42.0 Å². The van der Waals surface area contributed by atoms with E-state index in [0.717, 1.165) is 18.7 Å². The van der Waals surface area contributed by atoms with Crippen LogP contribution in [0, 0.1) is 0 Å². The average molecular weight is 696 g/mol. The van der Waals surface area contributed by atoms with E-state index in [2.05, 4.69) is 26.6 Å². The average Bonchev–Trinajstić information content (AvgIpc) is 3.54. The Morgan fingerprint density at radius 3 is 1.94 bits per heavy atom. The van der Waals surface area contributed by atoms with Crippen LogP contribution < -0.4 is 32.3 Å². The molecule has 0 aromatic heterocycles. The van der Waals surface area contributed by atoms with E-state index in [-0.39, 0.29) is 25.1 Å². The molecule has 0 spiro atoms. The molecule has 1 aromatic carbocycles. The zero-order chi connectivity index (χ0) is 37.0. The number of aromatic hydroxyl groups is 1. The maximum absolute atomic E-state index is 13.3. The SMILES string of the molecule is C[C@H](NC(=O)CNC(=O)[C@H](Cc1ccc(O)cc1)NC(=O)[C@@H](NC(=O)[C@@H](NC(=O)[C@@H](N)CO)[C@@H](C)O)[C@@H](C)O)C(=O)N1CCC[C@H]1C(=O)O. The minimum Gasteiger partial charge on any atom is -0.508 e. The number of rotatable bonds is 17. The number of carbonyl (C=O) groups excluding carboxylic acids is 6. The number of benzene rings is 1. The third-order valence-corrected chi connectivity index (χ3v) is 7.66. The third kappa shape index (κ3) is 12.0. The Labute approximate surface area is 281 Å². The first-order valence-corrected chi connectivity index (χ1v) is 15.5. The molecule has 8 atom stereocenters. The molecule has 1 heterocycles. The lowest BCUT2D eigenvalue weighted by atomic mass is 10.0. The number of amides is 6. The number of hydrogen-bond donors (Lipinski definition) is 11. The van der Waals surface area contributed by atoms with Crippen LogP contribution in [0.5, 0.6) is 5.75 Å². The predicted octanol–water partition coefficient (Wildman–Crippen LogP) is -4.83. The van der Waals surface area contributed by atoms with Crippen LogP contribution in [0.4, 0.5) is 0 Å². The fourth-order valence-corrected chi connectivity index (χ4v) is 4.92. The van der Waals surface area contributed by atoms with Crippen molar-refractivity contribution >= 4 is 41.4 Å². The van der Waals surface area contributed by atoms with Gasteiger partial charge in [-0.1, -0.05) is 12.1 Å². The Bertz CT molecular complexity index is 1360. The molecule has 0 unspecified atom stereocenters. The number of phenolic OH excluding ortho intramolecular Hbond substituents is 1. The van der Waals surface area contributed by atoms with Gasteiger partial charge in [0.15, 0.2) is 0 Å². The molecular weight excluding hydrogens is 650 g/mol. The molecule has 0 aliphatic carbocycles. The summed E-state index contributed by atoms with van der Waals surface area (Å²) < 4.78 is 0. The summed E-state index contributed by atoms with van der Waals surface area (Å²) in [5, 5.41) is 60.0. The molecule has 1 aromatic rings. The first-order chi connectivity index (χ1) is 23.0. The van der Waals surface area contributed by atoms with Crippen LogP contribution in [0.2, 0.25) is 0 Å². The van der Waals surface area contributed by atoms with Gasteiger partial charge in [0.25, 0.3) is 0 Å². The van der Waals surface area contributed by atoms with E-state index >= 15 is 0 Å². The van der Waals surface area contributed by atoms with Crippen molar-refractivity contribution in [2.45, 2.75) is 88.5 Å². The molecule has 272 valence electrons.